The molecule has 3 nitrogen and oxygen atoms in total. The maximum Gasteiger partial charge on any atom is 0.112 e. The van der Waals surface area contributed by atoms with E-state index in [1.54, 1.807) is 0 Å². The molecule has 0 radical (unpaired) electrons. The van der Waals surface area contributed by atoms with Gasteiger partial charge in [0, 0.05) is 17.3 Å². The number of hydrogen-bond donors (Lipinski definition) is 1. The normalized spacial score (nSPS) is 26.9. The van der Waals surface area contributed by atoms with Gasteiger partial charge in [0.25, 0.3) is 0 Å². The van der Waals surface area contributed by atoms with Crippen LogP contribution in [0.4, 0.5) is 0 Å². The number of hydrogen-bond acceptors (Lipinski definition) is 4. The molecule has 1 atom stereocenters. The monoisotopic (exact) mass is 224 g/mol. The third-order valence-corrected chi connectivity index (χ3v) is 4.13. The molecule has 1 aliphatic heterocycles. The summed E-state index contributed by atoms with van der Waals surface area (Å²) < 4.78 is 5.47. The minimum Gasteiger partial charge on any atom is -0.378 e. The van der Waals surface area contributed by atoms with Crippen LogP contribution in [0.2, 0.25) is 0 Å². The highest BCUT2D eigenvalue weighted by atomic mass is 32.1. The van der Waals surface area contributed by atoms with Crippen LogP contribution in [0, 0.1) is 6.92 Å². The summed E-state index contributed by atoms with van der Waals surface area (Å²) in [6.07, 6.45) is 2.66. The Morgan fingerprint density at radius 1 is 1.47 bits per heavy atom. The Morgan fingerprint density at radius 3 is 3.00 bits per heavy atom. The molecule has 1 saturated carbocycles. The maximum absolute atomic E-state index is 5.47. The van der Waals surface area contributed by atoms with Crippen LogP contribution in [0.3, 0.4) is 0 Å². The lowest BCUT2D eigenvalue weighted by Gasteiger charge is -2.21. The van der Waals surface area contributed by atoms with Crippen molar-refractivity contribution in [3.8, 4) is 0 Å². The summed E-state index contributed by atoms with van der Waals surface area (Å²) in [4.78, 5) is 6.17. The number of nitrogens with zero attached hydrogens (tertiary/aromatic N) is 1. The van der Waals surface area contributed by atoms with E-state index in [0.717, 1.165) is 25.7 Å². The zero-order valence-corrected chi connectivity index (χ0v) is 9.77. The highest BCUT2D eigenvalue weighted by Gasteiger charge is 2.30. The van der Waals surface area contributed by atoms with Gasteiger partial charge in [0.05, 0.1) is 24.9 Å². The third-order valence-electron chi connectivity index (χ3n) is 3.03. The van der Waals surface area contributed by atoms with Crippen LogP contribution in [0.1, 0.15) is 40.4 Å². The summed E-state index contributed by atoms with van der Waals surface area (Å²) in [6, 6.07) is 0.329. The van der Waals surface area contributed by atoms with Crippen LogP contribution in [0.25, 0.3) is 0 Å². The minimum absolute atomic E-state index is 0.329. The number of rotatable bonds is 2. The van der Waals surface area contributed by atoms with Gasteiger partial charge < -0.3 is 10.1 Å². The molecule has 1 N–H and O–H groups in total. The van der Waals surface area contributed by atoms with Crippen molar-refractivity contribution in [1.82, 2.24) is 10.3 Å². The first-order chi connectivity index (χ1) is 7.34. The van der Waals surface area contributed by atoms with E-state index in [-0.39, 0.29) is 0 Å². The van der Waals surface area contributed by atoms with E-state index >= 15 is 0 Å². The average Bonchev–Trinajstić information content (AvgIpc) is 3.04. The number of morpholine rings is 1. The molecule has 0 amide bonds. The van der Waals surface area contributed by atoms with Gasteiger partial charge in [0.15, 0.2) is 0 Å². The predicted octanol–water partition coefficient (Wildman–Crippen LogP) is 1.99. The molecule has 0 bridgehead atoms. The Bertz CT molecular complexity index is 353. The summed E-state index contributed by atoms with van der Waals surface area (Å²) in [5.41, 5.74) is 1.35. The molecule has 1 aliphatic carbocycles. The van der Waals surface area contributed by atoms with Gasteiger partial charge in [-0.05, 0) is 19.8 Å². The van der Waals surface area contributed by atoms with E-state index in [1.165, 1.54) is 28.4 Å². The van der Waals surface area contributed by atoms with Crippen molar-refractivity contribution in [3.05, 3.63) is 15.6 Å². The fourth-order valence-electron chi connectivity index (χ4n) is 2.04. The Kier molecular flexibility index (Phi) is 2.50. The van der Waals surface area contributed by atoms with Crippen LogP contribution < -0.4 is 5.32 Å². The van der Waals surface area contributed by atoms with Crippen LogP contribution in [0.5, 0.6) is 0 Å². The van der Waals surface area contributed by atoms with Gasteiger partial charge in [-0.25, -0.2) is 4.98 Å². The molecule has 1 aromatic heterocycles. The Hall–Kier alpha value is -0.450. The summed E-state index contributed by atoms with van der Waals surface area (Å²) in [6.45, 7) is 4.74. The van der Waals surface area contributed by atoms with Crippen LogP contribution in [0.15, 0.2) is 0 Å². The summed E-state index contributed by atoms with van der Waals surface area (Å²) in [5.74, 6) is 0.763. The number of ether oxygens (including phenoxy) is 1. The molecule has 0 aromatic carbocycles. The molecule has 15 heavy (non-hydrogen) atoms. The molecule has 1 saturated heterocycles. The van der Waals surface area contributed by atoms with Gasteiger partial charge in [-0.1, -0.05) is 0 Å². The van der Waals surface area contributed by atoms with Crippen molar-refractivity contribution >= 4 is 11.3 Å². The number of thiazole rings is 1. The Balaban J connectivity index is 1.81. The Morgan fingerprint density at radius 2 is 2.33 bits per heavy atom. The molecule has 4 heteroatoms. The lowest BCUT2D eigenvalue weighted by Crippen LogP contribution is -2.34. The standard InChI is InChI=1S/C11H16N2OS/c1-7-10(8-2-3-8)13-11(15-7)9-6-14-5-4-12-9/h8-9,12H,2-6H2,1H3. The number of aryl methyl sites for hydroxylation is 1. The van der Waals surface area contributed by atoms with E-state index < -0.39 is 0 Å². The zero-order valence-electron chi connectivity index (χ0n) is 8.95. The molecule has 0 spiro atoms. The van der Waals surface area contributed by atoms with E-state index in [1.807, 2.05) is 11.3 Å². The molecular weight excluding hydrogens is 208 g/mol. The smallest absolute Gasteiger partial charge is 0.112 e. The molecule has 2 aliphatic rings. The summed E-state index contributed by atoms with van der Waals surface area (Å²) in [7, 11) is 0. The second kappa shape index (κ2) is 3.85. The zero-order chi connectivity index (χ0) is 10.3. The van der Waals surface area contributed by atoms with Crippen molar-refractivity contribution in [1.29, 1.82) is 0 Å². The topological polar surface area (TPSA) is 34.1 Å². The fourth-order valence-corrected chi connectivity index (χ4v) is 3.11. The highest BCUT2D eigenvalue weighted by molar-refractivity contribution is 7.11. The van der Waals surface area contributed by atoms with Gasteiger partial charge in [-0.3, -0.25) is 0 Å². The van der Waals surface area contributed by atoms with E-state index in [2.05, 4.69) is 12.2 Å². The van der Waals surface area contributed by atoms with Crippen molar-refractivity contribution in [2.75, 3.05) is 19.8 Å². The number of aromatic nitrogens is 1. The lowest BCUT2D eigenvalue weighted by molar-refractivity contribution is 0.0767. The maximum atomic E-state index is 5.47. The summed E-state index contributed by atoms with van der Waals surface area (Å²) in [5, 5.41) is 4.67. The SMILES string of the molecule is Cc1sc(C2COCCN2)nc1C1CC1. The van der Waals surface area contributed by atoms with Gasteiger partial charge >= 0.3 is 0 Å². The molecule has 2 fully saturated rings. The molecule has 3 rings (SSSR count). The van der Waals surface area contributed by atoms with Crippen molar-refractivity contribution in [3.63, 3.8) is 0 Å². The highest BCUT2D eigenvalue weighted by Crippen LogP contribution is 2.43. The minimum atomic E-state index is 0.329. The Labute approximate surface area is 93.9 Å². The van der Waals surface area contributed by atoms with Gasteiger partial charge in [-0.2, -0.15) is 0 Å². The van der Waals surface area contributed by atoms with E-state index in [0.29, 0.717) is 6.04 Å². The van der Waals surface area contributed by atoms with E-state index in [4.69, 9.17) is 9.72 Å². The second-order valence-electron chi connectivity index (χ2n) is 4.35. The molecule has 1 aromatic rings. The third kappa shape index (κ3) is 1.94. The number of nitrogens with one attached hydrogen (secondary N) is 1. The van der Waals surface area contributed by atoms with Crippen molar-refractivity contribution < 1.29 is 4.74 Å². The van der Waals surface area contributed by atoms with Crippen molar-refractivity contribution in [2.45, 2.75) is 31.7 Å². The first kappa shape index (κ1) is 9.75. The first-order valence-electron chi connectivity index (χ1n) is 5.63. The lowest BCUT2D eigenvalue weighted by atomic mass is 10.2. The fraction of sp³-hybridized carbons (Fsp3) is 0.727. The van der Waals surface area contributed by atoms with Crippen LogP contribution >= 0.6 is 11.3 Å². The molecule has 82 valence electrons. The quantitative estimate of drug-likeness (QED) is 0.834. The predicted molar refractivity (Wildman–Crippen MR) is 60.4 cm³/mol. The molecule has 1 unspecified atom stereocenters. The molecular formula is C11H16N2OS. The average molecular weight is 224 g/mol. The van der Waals surface area contributed by atoms with Crippen LogP contribution in [-0.4, -0.2) is 24.7 Å². The first-order valence-corrected chi connectivity index (χ1v) is 6.44. The van der Waals surface area contributed by atoms with Gasteiger partial charge in [-0.15, -0.1) is 11.3 Å². The van der Waals surface area contributed by atoms with E-state index in [9.17, 15) is 0 Å². The second-order valence-corrected chi connectivity index (χ2v) is 5.58. The van der Waals surface area contributed by atoms with Gasteiger partial charge in [0.2, 0.25) is 0 Å². The molecule has 2 heterocycles. The van der Waals surface area contributed by atoms with Crippen molar-refractivity contribution in [2.24, 2.45) is 0 Å². The largest absolute Gasteiger partial charge is 0.378 e. The van der Waals surface area contributed by atoms with Gasteiger partial charge in [0.1, 0.15) is 5.01 Å². The van der Waals surface area contributed by atoms with Crippen LogP contribution in [-0.2, 0) is 4.74 Å². The summed E-state index contributed by atoms with van der Waals surface area (Å²) >= 11 is 1.84.